The SMILES string of the molecule is CC(=O)[C@@](N)([Si])Cc1cncn1COCc1ccccc1. The third-order valence-corrected chi connectivity index (χ3v) is 3.76. The van der Waals surface area contributed by atoms with Gasteiger partial charge in [-0.2, -0.15) is 0 Å². The van der Waals surface area contributed by atoms with Gasteiger partial charge < -0.3 is 15.0 Å². The maximum Gasteiger partial charge on any atom is 0.145 e. The van der Waals surface area contributed by atoms with E-state index in [0.29, 0.717) is 19.8 Å². The van der Waals surface area contributed by atoms with Crippen LogP contribution in [-0.2, 0) is 29.3 Å². The highest BCUT2D eigenvalue weighted by molar-refractivity contribution is 6.28. The molecule has 0 spiro atoms. The molecule has 1 aromatic heterocycles. The molecule has 2 aromatic rings. The molecule has 0 amide bonds. The Hall–Kier alpha value is -1.76. The molecule has 2 rings (SSSR count). The van der Waals surface area contributed by atoms with E-state index in [4.69, 9.17) is 10.5 Å². The van der Waals surface area contributed by atoms with Gasteiger partial charge in [0.1, 0.15) is 12.5 Å². The summed E-state index contributed by atoms with van der Waals surface area (Å²) >= 11 is 0. The minimum Gasteiger partial charge on any atom is -0.356 e. The number of imidazole rings is 1. The van der Waals surface area contributed by atoms with E-state index >= 15 is 0 Å². The number of hydrogen-bond donors (Lipinski definition) is 1. The molecule has 0 unspecified atom stereocenters. The van der Waals surface area contributed by atoms with E-state index in [2.05, 4.69) is 15.2 Å². The third-order valence-electron chi connectivity index (χ3n) is 3.23. The Bertz CT molecular complexity index is 596. The van der Waals surface area contributed by atoms with E-state index in [1.807, 2.05) is 34.9 Å². The molecular weight excluding hydrogens is 282 g/mol. The van der Waals surface area contributed by atoms with Crippen molar-refractivity contribution in [3.63, 3.8) is 0 Å². The predicted molar refractivity (Wildman–Crippen MR) is 80.5 cm³/mol. The molecule has 1 aromatic carbocycles. The van der Waals surface area contributed by atoms with Crippen molar-refractivity contribution in [2.45, 2.75) is 31.8 Å². The monoisotopic (exact) mass is 300 g/mol. The zero-order valence-corrected chi connectivity index (χ0v) is 13.0. The van der Waals surface area contributed by atoms with Crippen molar-refractivity contribution < 1.29 is 9.53 Å². The number of ketones is 1. The van der Waals surface area contributed by atoms with Crippen LogP contribution in [0, 0.1) is 0 Å². The summed E-state index contributed by atoms with van der Waals surface area (Å²) in [5.41, 5.74) is 7.87. The van der Waals surface area contributed by atoms with E-state index in [0.717, 1.165) is 11.3 Å². The van der Waals surface area contributed by atoms with Gasteiger partial charge in [-0.1, -0.05) is 30.3 Å². The average Bonchev–Trinajstić information content (AvgIpc) is 2.86. The number of benzene rings is 1. The van der Waals surface area contributed by atoms with E-state index in [1.54, 1.807) is 12.5 Å². The smallest absolute Gasteiger partial charge is 0.145 e. The summed E-state index contributed by atoms with van der Waals surface area (Å²) in [6.45, 7) is 2.34. The first-order chi connectivity index (χ1) is 9.99. The normalized spacial score (nSPS) is 13.9. The molecule has 0 aliphatic heterocycles. The van der Waals surface area contributed by atoms with Gasteiger partial charge in [-0.3, -0.25) is 4.79 Å². The third kappa shape index (κ3) is 4.35. The lowest BCUT2D eigenvalue weighted by atomic mass is 10.1. The fourth-order valence-corrected chi connectivity index (χ4v) is 2.04. The standard InChI is InChI=1S/C15H18N3O2Si/c1-12(19)15(16,21)7-14-8-17-10-18(14)11-20-9-13-5-3-2-4-6-13/h2-6,8,10H,7,9,11,16H2,1H3/t15-/m0/s1. The Kier molecular flexibility index (Phi) is 5.06. The minimum atomic E-state index is -1.07. The molecule has 0 saturated heterocycles. The van der Waals surface area contributed by atoms with Gasteiger partial charge in [0.25, 0.3) is 0 Å². The summed E-state index contributed by atoms with van der Waals surface area (Å²) in [5.74, 6) is -0.128. The number of rotatable bonds is 7. The van der Waals surface area contributed by atoms with Crippen LogP contribution in [0.3, 0.4) is 0 Å². The largest absolute Gasteiger partial charge is 0.356 e. The van der Waals surface area contributed by atoms with Crippen LogP contribution in [0.5, 0.6) is 0 Å². The fraction of sp³-hybridized carbons (Fsp3) is 0.333. The van der Waals surface area contributed by atoms with Gasteiger partial charge in [-0.05, 0) is 12.5 Å². The molecule has 0 aliphatic carbocycles. The van der Waals surface area contributed by atoms with Crippen LogP contribution in [0.4, 0.5) is 0 Å². The molecule has 21 heavy (non-hydrogen) atoms. The van der Waals surface area contributed by atoms with Crippen molar-refractivity contribution in [2.24, 2.45) is 5.73 Å². The Morgan fingerprint density at radius 1 is 1.43 bits per heavy atom. The van der Waals surface area contributed by atoms with Crippen molar-refractivity contribution >= 4 is 16.0 Å². The molecule has 5 nitrogen and oxygen atoms in total. The second-order valence-electron chi connectivity index (χ2n) is 5.02. The van der Waals surface area contributed by atoms with Gasteiger partial charge >= 0.3 is 0 Å². The fourth-order valence-electron chi connectivity index (χ4n) is 1.86. The van der Waals surface area contributed by atoms with Crippen LogP contribution in [0.15, 0.2) is 42.9 Å². The van der Waals surface area contributed by atoms with Crippen LogP contribution < -0.4 is 5.73 Å². The van der Waals surface area contributed by atoms with Gasteiger partial charge in [0.15, 0.2) is 0 Å². The lowest BCUT2D eigenvalue weighted by Gasteiger charge is -2.21. The molecular formula is C15H18N3O2Si. The van der Waals surface area contributed by atoms with E-state index in [-0.39, 0.29) is 5.78 Å². The average molecular weight is 300 g/mol. The highest BCUT2D eigenvalue weighted by atomic mass is 28.1. The number of carbonyl (C=O) groups excluding carboxylic acids is 1. The molecule has 0 saturated carbocycles. The maximum atomic E-state index is 11.5. The van der Waals surface area contributed by atoms with Crippen molar-refractivity contribution in [3.05, 3.63) is 54.1 Å². The van der Waals surface area contributed by atoms with Crippen LogP contribution in [0.25, 0.3) is 0 Å². The highest BCUT2D eigenvalue weighted by Gasteiger charge is 2.26. The molecule has 109 valence electrons. The number of Topliss-reactive ketones (excluding diaryl/α,β-unsaturated/α-hetero) is 1. The van der Waals surface area contributed by atoms with Gasteiger partial charge in [0.2, 0.25) is 0 Å². The minimum absolute atomic E-state index is 0.128. The Morgan fingerprint density at radius 3 is 2.81 bits per heavy atom. The number of ether oxygens (including phenoxy) is 1. The van der Waals surface area contributed by atoms with Crippen LogP contribution in [0.2, 0.25) is 0 Å². The molecule has 6 heteroatoms. The zero-order valence-electron chi connectivity index (χ0n) is 12.0. The quantitative estimate of drug-likeness (QED) is 0.775. The second-order valence-corrected chi connectivity index (χ2v) is 5.91. The van der Waals surface area contributed by atoms with Gasteiger partial charge in [0, 0.05) is 18.3 Å². The van der Waals surface area contributed by atoms with Gasteiger partial charge in [-0.15, -0.1) is 0 Å². The number of carbonyl (C=O) groups is 1. The Morgan fingerprint density at radius 2 is 2.14 bits per heavy atom. The maximum absolute atomic E-state index is 11.5. The van der Waals surface area contributed by atoms with Gasteiger partial charge in [-0.25, -0.2) is 4.98 Å². The summed E-state index contributed by atoms with van der Waals surface area (Å²) in [7, 11) is 3.31. The first-order valence-electron chi connectivity index (χ1n) is 6.64. The van der Waals surface area contributed by atoms with Crippen molar-refractivity contribution in [1.29, 1.82) is 0 Å². The molecule has 1 atom stereocenters. The lowest BCUT2D eigenvalue weighted by molar-refractivity contribution is -0.119. The van der Waals surface area contributed by atoms with Crippen molar-refractivity contribution in [1.82, 2.24) is 9.55 Å². The molecule has 3 radical (unpaired) electrons. The summed E-state index contributed by atoms with van der Waals surface area (Å²) in [6.07, 6.45) is 3.72. The van der Waals surface area contributed by atoms with Gasteiger partial charge in [0.05, 0.1) is 28.3 Å². The molecule has 1 heterocycles. The summed E-state index contributed by atoms with van der Waals surface area (Å²) < 4.78 is 7.50. The van der Waals surface area contributed by atoms with Crippen LogP contribution >= 0.6 is 0 Å². The topological polar surface area (TPSA) is 70.1 Å². The number of aromatic nitrogens is 2. The second kappa shape index (κ2) is 6.80. The summed E-state index contributed by atoms with van der Waals surface area (Å²) in [6, 6.07) is 9.93. The molecule has 0 fully saturated rings. The Balaban J connectivity index is 1.93. The van der Waals surface area contributed by atoms with Crippen LogP contribution in [0.1, 0.15) is 18.2 Å². The highest BCUT2D eigenvalue weighted by Crippen LogP contribution is 2.10. The van der Waals surface area contributed by atoms with E-state index < -0.39 is 5.16 Å². The predicted octanol–water partition coefficient (Wildman–Crippen LogP) is 1.01. The zero-order chi connectivity index (χ0) is 15.3. The number of hydrogen-bond acceptors (Lipinski definition) is 4. The summed E-state index contributed by atoms with van der Waals surface area (Å²) in [5, 5.41) is -1.07. The molecule has 0 bridgehead atoms. The molecule has 2 N–H and O–H groups in total. The van der Waals surface area contributed by atoms with Crippen molar-refractivity contribution in [3.8, 4) is 0 Å². The Labute approximate surface area is 127 Å². The van der Waals surface area contributed by atoms with Crippen LogP contribution in [-0.4, -0.2) is 30.7 Å². The number of nitrogens with two attached hydrogens (primary N) is 1. The van der Waals surface area contributed by atoms with E-state index in [1.165, 1.54) is 6.92 Å². The first kappa shape index (κ1) is 15.6. The molecule has 0 aliphatic rings. The summed E-state index contributed by atoms with van der Waals surface area (Å²) in [4.78, 5) is 15.6. The lowest BCUT2D eigenvalue weighted by Crippen LogP contribution is -2.49. The van der Waals surface area contributed by atoms with E-state index in [9.17, 15) is 4.79 Å². The first-order valence-corrected chi connectivity index (χ1v) is 7.14. The van der Waals surface area contributed by atoms with Crippen molar-refractivity contribution in [2.75, 3.05) is 0 Å². The number of nitrogens with zero attached hydrogens (tertiary/aromatic N) is 2.